The zero-order valence-electron chi connectivity index (χ0n) is 6.47. The van der Waals surface area contributed by atoms with Gasteiger partial charge in [0.05, 0.1) is 0 Å². The number of ether oxygens (including phenoxy) is 2. The van der Waals surface area contributed by atoms with E-state index < -0.39 is 11.8 Å². The van der Waals surface area contributed by atoms with Gasteiger partial charge in [0.1, 0.15) is 12.5 Å². The van der Waals surface area contributed by atoms with E-state index >= 15 is 0 Å². The van der Waals surface area contributed by atoms with Gasteiger partial charge in [0.25, 0.3) is 11.8 Å². The zero-order chi connectivity index (χ0) is 9.26. The highest BCUT2D eigenvalue weighted by Crippen LogP contribution is 2.16. The van der Waals surface area contributed by atoms with E-state index in [1.54, 1.807) is 0 Å². The second kappa shape index (κ2) is 2.78. The molecule has 0 aromatic rings. The second-order valence-corrected chi connectivity index (χ2v) is 2.33. The number of nitrogens with zero attached hydrogens (tertiary/aromatic N) is 1. The highest BCUT2D eigenvalue weighted by Gasteiger charge is 2.29. The van der Waals surface area contributed by atoms with Crippen LogP contribution in [0.25, 0.3) is 0 Å². The molecule has 2 amide bonds. The Morgan fingerprint density at radius 2 is 1.77 bits per heavy atom. The Hall–Kier alpha value is -2.04. The molecule has 0 unspecified atom stereocenters. The number of hydrogen-bond acceptors (Lipinski definition) is 4. The van der Waals surface area contributed by atoms with Crippen molar-refractivity contribution in [2.24, 2.45) is 0 Å². The molecule has 13 heavy (non-hydrogen) atoms. The first-order chi connectivity index (χ1) is 6.29. The third-order valence-corrected chi connectivity index (χ3v) is 1.52. The van der Waals surface area contributed by atoms with Crippen LogP contribution in [0.3, 0.4) is 0 Å². The lowest BCUT2D eigenvalue weighted by Gasteiger charge is -2.17. The Labute approximate surface area is 73.5 Å². The first-order valence-corrected chi connectivity index (χ1v) is 3.52. The van der Waals surface area contributed by atoms with Crippen LogP contribution in [0, 0.1) is 0 Å². The maximum absolute atomic E-state index is 11.1. The van der Waals surface area contributed by atoms with Crippen LogP contribution in [0.4, 0.5) is 0 Å². The van der Waals surface area contributed by atoms with Crippen LogP contribution in [0.2, 0.25) is 0 Å². The van der Waals surface area contributed by atoms with Gasteiger partial charge in [-0.25, -0.2) is 4.90 Å². The predicted molar refractivity (Wildman–Crippen MR) is 40.4 cm³/mol. The molecule has 2 aliphatic heterocycles. The Bertz CT molecular complexity index is 335. The molecule has 0 aromatic heterocycles. The van der Waals surface area contributed by atoms with E-state index in [-0.39, 0.29) is 5.88 Å². The fourth-order valence-electron chi connectivity index (χ4n) is 0.978. The first kappa shape index (κ1) is 7.60. The molecule has 2 rings (SSSR count). The molecule has 0 bridgehead atoms. The standard InChI is InChI=1S/C8H5NO4/c10-6-1-2-7(11)9(6)8-5-12-3-4-13-8/h1-5H. The monoisotopic (exact) mass is 179 g/mol. The van der Waals surface area contributed by atoms with Crippen molar-refractivity contribution in [2.45, 2.75) is 0 Å². The minimum atomic E-state index is -0.435. The summed E-state index contributed by atoms with van der Waals surface area (Å²) in [6.07, 6.45) is 6.06. The van der Waals surface area contributed by atoms with Gasteiger partial charge in [-0.3, -0.25) is 9.59 Å². The normalized spacial score (nSPS) is 20.0. The molecule has 5 heteroatoms. The lowest BCUT2D eigenvalue weighted by atomic mass is 10.6. The van der Waals surface area contributed by atoms with Crippen molar-refractivity contribution in [2.75, 3.05) is 0 Å². The topological polar surface area (TPSA) is 55.8 Å². The molecule has 0 saturated heterocycles. The number of carbonyl (C=O) groups is 2. The highest BCUT2D eigenvalue weighted by atomic mass is 16.5. The number of hydrogen-bond donors (Lipinski definition) is 0. The summed E-state index contributed by atoms with van der Waals surface area (Å²) in [6.45, 7) is 0. The average molecular weight is 179 g/mol. The zero-order valence-corrected chi connectivity index (χ0v) is 6.47. The molecule has 2 heterocycles. The van der Waals surface area contributed by atoms with E-state index in [4.69, 9.17) is 9.47 Å². The van der Waals surface area contributed by atoms with Crippen molar-refractivity contribution in [3.63, 3.8) is 0 Å². The molecule has 5 nitrogen and oxygen atoms in total. The van der Waals surface area contributed by atoms with E-state index in [2.05, 4.69) is 0 Å². The van der Waals surface area contributed by atoms with Crippen LogP contribution >= 0.6 is 0 Å². The van der Waals surface area contributed by atoms with Gasteiger partial charge in [-0.05, 0) is 0 Å². The first-order valence-electron chi connectivity index (χ1n) is 3.52. The van der Waals surface area contributed by atoms with Gasteiger partial charge < -0.3 is 9.47 Å². The molecule has 0 saturated carbocycles. The molecule has 0 aromatic carbocycles. The van der Waals surface area contributed by atoms with Crippen molar-refractivity contribution in [1.29, 1.82) is 0 Å². The van der Waals surface area contributed by atoms with Gasteiger partial charge in [0.15, 0.2) is 6.26 Å². The summed E-state index contributed by atoms with van der Waals surface area (Å²) < 4.78 is 9.65. The van der Waals surface area contributed by atoms with Crippen molar-refractivity contribution in [3.05, 3.63) is 36.8 Å². The summed E-state index contributed by atoms with van der Waals surface area (Å²) in [5, 5.41) is 0. The molecular formula is C8H5NO4. The van der Waals surface area contributed by atoms with Crippen molar-refractivity contribution in [3.8, 4) is 0 Å². The molecule has 0 aliphatic carbocycles. The van der Waals surface area contributed by atoms with Gasteiger partial charge in [-0.1, -0.05) is 0 Å². The Kier molecular flexibility index (Phi) is 1.63. The van der Waals surface area contributed by atoms with Crippen LogP contribution in [0.5, 0.6) is 0 Å². The van der Waals surface area contributed by atoms with E-state index in [1.807, 2.05) is 0 Å². The van der Waals surface area contributed by atoms with Crippen molar-refractivity contribution in [1.82, 2.24) is 4.90 Å². The van der Waals surface area contributed by atoms with Crippen molar-refractivity contribution >= 4 is 11.8 Å². The molecule has 0 radical (unpaired) electrons. The minimum Gasteiger partial charge on any atom is -0.464 e. The van der Waals surface area contributed by atoms with E-state index in [0.717, 1.165) is 4.90 Å². The number of carbonyl (C=O) groups excluding carboxylic acids is 2. The number of amides is 2. The third kappa shape index (κ3) is 1.20. The lowest BCUT2D eigenvalue weighted by Crippen LogP contribution is -2.30. The Morgan fingerprint density at radius 1 is 1.08 bits per heavy atom. The van der Waals surface area contributed by atoms with Gasteiger partial charge in [-0.15, -0.1) is 0 Å². The van der Waals surface area contributed by atoms with Crippen LogP contribution in [-0.2, 0) is 19.1 Å². The summed E-state index contributed by atoms with van der Waals surface area (Å²) in [5.74, 6) is -0.798. The smallest absolute Gasteiger partial charge is 0.260 e. The van der Waals surface area contributed by atoms with E-state index in [9.17, 15) is 9.59 Å². The fraction of sp³-hybridized carbons (Fsp3) is 0. The molecule has 0 fully saturated rings. The highest BCUT2D eigenvalue weighted by molar-refractivity contribution is 6.14. The number of imide groups is 1. The van der Waals surface area contributed by atoms with Crippen LogP contribution < -0.4 is 0 Å². The maximum Gasteiger partial charge on any atom is 0.260 e. The van der Waals surface area contributed by atoms with Crippen LogP contribution in [0.1, 0.15) is 0 Å². The quantitative estimate of drug-likeness (QED) is 0.540. The van der Waals surface area contributed by atoms with Gasteiger partial charge >= 0.3 is 0 Å². The average Bonchev–Trinajstić information content (AvgIpc) is 2.48. The molecular weight excluding hydrogens is 174 g/mol. The Morgan fingerprint density at radius 3 is 2.31 bits per heavy atom. The lowest BCUT2D eigenvalue weighted by molar-refractivity contribution is -0.137. The summed E-state index contributed by atoms with van der Waals surface area (Å²) in [4.78, 5) is 23.1. The van der Waals surface area contributed by atoms with Crippen molar-refractivity contribution < 1.29 is 19.1 Å². The van der Waals surface area contributed by atoms with Crippen LogP contribution in [0.15, 0.2) is 36.8 Å². The molecule has 2 aliphatic rings. The largest absolute Gasteiger partial charge is 0.464 e. The maximum atomic E-state index is 11.1. The SMILES string of the molecule is O=C1C=CC(=O)N1C1=COC=CO1. The summed E-state index contributed by atoms with van der Waals surface area (Å²) in [5.41, 5.74) is 0. The Balaban J connectivity index is 2.21. The predicted octanol–water partition coefficient (Wildman–Crippen LogP) is 0.228. The van der Waals surface area contributed by atoms with E-state index in [0.29, 0.717) is 0 Å². The second-order valence-electron chi connectivity index (χ2n) is 2.33. The molecule has 66 valence electrons. The molecule has 0 N–H and O–H groups in total. The number of rotatable bonds is 1. The van der Waals surface area contributed by atoms with Gasteiger partial charge in [0.2, 0.25) is 5.88 Å². The van der Waals surface area contributed by atoms with Crippen LogP contribution in [-0.4, -0.2) is 16.7 Å². The third-order valence-electron chi connectivity index (χ3n) is 1.52. The van der Waals surface area contributed by atoms with Gasteiger partial charge in [-0.2, -0.15) is 0 Å². The fourth-order valence-corrected chi connectivity index (χ4v) is 0.978. The van der Waals surface area contributed by atoms with E-state index in [1.165, 1.54) is 30.9 Å². The summed E-state index contributed by atoms with van der Waals surface area (Å²) >= 11 is 0. The summed E-state index contributed by atoms with van der Waals surface area (Å²) in [7, 11) is 0. The summed E-state index contributed by atoms with van der Waals surface area (Å²) in [6, 6.07) is 0. The van der Waals surface area contributed by atoms with Gasteiger partial charge in [0, 0.05) is 12.2 Å². The molecule has 0 atom stereocenters. The minimum absolute atomic E-state index is 0.0718. The molecule has 0 spiro atoms.